The molecule has 0 spiro atoms. The Labute approximate surface area is 182 Å². The van der Waals surface area contributed by atoms with Crippen molar-refractivity contribution in [1.29, 1.82) is 0 Å². The van der Waals surface area contributed by atoms with Crippen molar-refractivity contribution in [3.63, 3.8) is 0 Å². The number of rotatable bonds is 5. The number of fused-ring (bicyclic) bond motifs is 5. The largest absolute Gasteiger partial charge is 0.481 e. The van der Waals surface area contributed by atoms with E-state index in [1.807, 2.05) is 0 Å². The molecule has 172 valence electrons. The Morgan fingerprint density at radius 3 is 2.47 bits per heavy atom. The average Bonchev–Trinajstić information content (AvgIpc) is 3.05. The molecule has 11 atom stereocenters. The maximum atomic E-state index is 11.6. The number of aliphatic hydroxyl groups excluding tert-OH is 2. The Morgan fingerprint density at radius 2 is 1.80 bits per heavy atom. The highest BCUT2D eigenvalue weighted by molar-refractivity contribution is 5.66. The maximum Gasteiger partial charge on any atom is 0.303 e. The van der Waals surface area contributed by atoms with Gasteiger partial charge in [0.2, 0.25) is 0 Å². The molecular formula is C26H44O4. The topological polar surface area (TPSA) is 77.8 Å². The Morgan fingerprint density at radius 1 is 1.07 bits per heavy atom. The van der Waals surface area contributed by atoms with Crippen LogP contribution in [-0.4, -0.2) is 33.5 Å². The smallest absolute Gasteiger partial charge is 0.303 e. The van der Waals surface area contributed by atoms with E-state index in [2.05, 4.69) is 27.7 Å². The van der Waals surface area contributed by atoms with Crippen LogP contribution in [0.3, 0.4) is 0 Å². The van der Waals surface area contributed by atoms with Crippen LogP contribution in [0.2, 0.25) is 0 Å². The summed E-state index contributed by atoms with van der Waals surface area (Å²) in [5.74, 6) is 2.40. The standard InChI is InChI=1S/C26H44O4/c1-5-16-10-11-25(3)17(12-16)13-21(27)24-19-8-7-18(15(2)6-9-23(29)30)26(19,4)22(28)14-20(24)25/h15-22,24,27-28H,5-14H2,1-4H3,(H,29,30). The molecule has 3 N–H and O–H groups in total. The summed E-state index contributed by atoms with van der Waals surface area (Å²) in [6.07, 6.45) is 9.26. The highest BCUT2D eigenvalue weighted by atomic mass is 16.4. The molecule has 4 aliphatic rings. The molecular weight excluding hydrogens is 376 g/mol. The molecule has 0 amide bonds. The molecule has 0 bridgehead atoms. The van der Waals surface area contributed by atoms with Gasteiger partial charge in [-0.2, -0.15) is 0 Å². The van der Waals surface area contributed by atoms with Gasteiger partial charge in [0, 0.05) is 6.42 Å². The van der Waals surface area contributed by atoms with Gasteiger partial charge in [0.1, 0.15) is 0 Å². The highest BCUT2D eigenvalue weighted by Gasteiger charge is 2.65. The summed E-state index contributed by atoms with van der Waals surface area (Å²) in [5, 5.41) is 32.1. The SMILES string of the molecule is CCC1CCC2(C)C(C1)CC(O)C1C2CC(O)C2(C)C(C(C)CCC(=O)O)CCC12. The molecule has 4 fully saturated rings. The van der Waals surface area contributed by atoms with Gasteiger partial charge < -0.3 is 15.3 Å². The average molecular weight is 421 g/mol. The minimum Gasteiger partial charge on any atom is -0.481 e. The Hall–Kier alpha value is -0.610. The maximum absolute atomic E-state index is 11.6. The van der Waals surface area contributed by atoms with Gasteiger partial charge in [-0.15, -0.1) is 0 Å². The van der Waals surface area contributed by atoms with Crippen molar-refractivity contribution in [2.45, 2.75) is 104 Å². The number of hydrogen-bond donors (Lipinski definition) is 3. The Kier molecular flexibility index (Phi) is 6.07. The zero-order valence-corrected chi connectivity index (χ0v) is 19.5. The van der Waals surface area contributed by atoms with E-state index >= 15 is 0 Å². The summed E-state index contributed by atoms with van der Waals surface area (Å²) >= 11 is 0. The summed E-state index contributed by atoms with van der Waals surface area (Å²) in [7, 11) is 0. The number of aliphatic carboxylic acids is 1. The van der Waals surface area contributed by atoms with Gasteiger partial charge in [0.15, 0.2) is 0 Å². The summed E-state index contributed by atoms with van der Waals surface area (Å²) in [5.41, 5.74) is 0.0643. The van der Waals surface area contributed by atoms with E-state index in [0.717, 1.165) is 31.6 Å². The number of aliphatic hydroxyl groups is 2. The summed E-state index contributed by atoms with van der Waals surface area (Å²) in [4.78, 5) is 11.1. The molecule has 11 unspecified atom stereocenters. The first-order valence-electron chi connectivity index (χ1n) is 12.7. The molecule has 0 heterocycles. The molecule has 4 nitrogen and oxygen atoms in total. The van der Waals surface area contributed by atoms with E-state index in [-0.39, 0.29) is 29.5 Å². The van der Waals surface area contributed by atoms with Crippen LogP contribution in [0, 0.1) is 52.3 Å². The molecule has 4 saturated carbocycles. The third-order valence-corrected chi connectivity index (χ3v) is 11.0. The molecule has 4 rings (SSSR count). The second-order valence-electron chi connectivity index (χ2n) is 12.1. The van der Waals surface area contributed by atoms with Crippen molar-refractivity contribution >= 4 is 5.97 Å². The fourth-order valence-electron chi connectivity index (χ4n) is 9.17. The zero-order chi connectivity index (χ0) is 21.8. The first-order valence-corrected chi connectivity index (χ1v) is 12.7. The quantitative estimate of drug-likeness (QED) is 0.577. The van der Waals surface area contributed by atoms with Gasteiger partial charge in [-0.3, -0.25) is 4.79 Å². The van der Waals surface area contributed by atoms with E-state index in [1.54, 1.807) is 0 Å². The lowest BCUT2D eigenvalue weighted by Gasteiger charge is -2.63. The number of carboxylic acids is 1. The van der Waals surface area contributed by atoms with Crippen LogP contribution in [-0.2, 0) is 4.79 Å². The highest BCUT2D eigenvalue weighted by Crippen LogP contribution is 2.68. The monoisotopic (exact) mass is 420 g/mol. The molecule has 0 aliphatic heterocycles. The first-order chi connectivity index (χ1) is 14.1. The molecule has 0 aromatic carbocycles. The predicted octanol–water partition coefficient (Wildman–Crippen LogP) is 5.11. The normalized spacial score (nSPS) is 51.5. The lowest BCUT2D eigenvalue weighted by Crippen LogP contribution is -2.62. The summed E-state index contributed by atoms with van der Waals surface area (Å²) < 4.78 is 0. The fourth-order valence-corrected chi connectivity index (χ4v) is 9.17. The van der Waals surface area contributed by atoms with Gasteiger partial charge in [0.25, 0.3) is 0 Å². The van der Waals surface area contributed by atoms with Gasteiger partial charge in [-0.05, 0) is 104 Å². The third kappa shape index (κ3) is 3.36. The van der Waals surface area contributed by atoms with Crippen LogP contribution in [0.15, 0.2) is 0 Å². The second kappa shape index (κ2) is 8.06. The van der Waals surface area contributed by atoms with Crippen molar-refractivity contribution in [2.75, 3.05) is 0 Å². The van der Waals surface area contributed by atoms with Crippen LogP contribution in [0.25, 0.3) is 0 Å². The zero-order valence-electron chi connectivity index (χ0n) is 19.5. The predicted molar refractivity (Wildman–Crippen MR) is 118 cm³/mol. The Balaban J connectivity index is 1.59. The van der Waals surface area contributed by atoms with Crippen molar-refractivity contribution in [2.24, 2.45) is 52.3 Å². The number of carboxylic acid groups (broad SMARTS) is 1. The van der Waals surface area contributed by atoms with E-state index < -0.39 is 5.97 Å². The molecule has 0 aromatic rings. The number of carbonyl (C=O) groups is 1. The number of hydrogen-bond acceptors (Lipinski definition) is 3. The molecule has 0 saturated heterocycles. The molecule has 4 aliphatic carbocycles. The van der Waals surface area contributed by atoms with Gasteiger partial charge >= 0.3 is 5.97 Å². The summed E-state index contributed by atoms with van der Waals surface area (Å²) in [6.45, 7) is 9.23. The fraction of sp³-hybridized carbons (Fsp3) is 0.962. The lowest BCUT2D eigenvalue weighted by atomic mass is 9.42. The first kappa shape index (κ1) is 22.6. The van der Waals surface area contributed by atoms with E-state index in [0.29, 0.717) is 41.9 Å². The lowest BCUT2D eigenvalue weighted by molar-refractivity contribution is -0.204. The van der Waals surface area contributed by atoms with Crippen LogP contribution in [0.1, 0.15) is 91.9 Å². The van der Waals surface area contributed by atoms with Gasteiger partial charge in [-0.25, -0.2) is 0 Å². The third-order valence-electron chi connectivity index (χ3n) is 11.0. The van der Waals surface area contributed by atoms with Crippen molar-refractivity contribution in [1.82, 2.24) is 0 Å². The molecule has 0 radical (unpaired) electrons. The van der Waals surface area contributed by atoms with Crippen LogP contribution in [0.5, 0.6) is 0 Å². The minimum atomic E-state index is -0.727. The minimum absolute atomic E-state index is 0.191. The van der Waals surface area contributed by atoms with Crippen LogP contribution in [0.4, 0.5) is 0 Å². The van der Waals surface area contributed by atoms with Crippen LogP contribution >= 0.6 is 0 Å². The Bertz CT molecular complexity index is 649. The second-order valence-corrected chi connectivity index (χ2v) is 12.1. The van der Waals surface area contributed by atoms with E-state index in [4.69, 9.17) is 5.11 Å². The van der Waals surface area contributed by atoms with Gasteiger partial charge in [0.05, 0.1) is 12.2 Å². The van der Waals surface area contributed by atoms with Crippen molar-refractivity contribution in [3.8, 4) is 0 Å². The van der Waals surface area contributed by atoms with Gasteiger partial charge in [-0.1, -0.05) is 34.1 Å². The molecule has 0 aromatic heterocycles. The van der Waals surface area contributed by atoms with Crippen molar-refractivity contribution < 1.29 is 20.1 Å². The summed E-state index contributed by atoms with van der Waals surface area (Å²) in [6, 6.07) is 0. The van der Waals surface area contributed by atoms with E-state index in [9.17, 15) is 15.0 Å². The molecule has 4 heteroatoms. The van der Waals surface area contributed by atoms with Crippen LogP contribution < -0.4 is 0 Å². The van der Waals surface area contributed by atoms with Crippen molar-refractivity contribution in [3.05, 3.63) is 0 Å². The molecule has 30 heavy (non-hydrogen) atoms. The van der Waals surface area contributed by atoms with E-state index in [1.165, 1.54) is 25.7 Å².